The van der Waals surface area contributed by atoms with Crippen molar-refractivity contribution in [2.75, 3.05) is 40.9 Å². The molecule has 8 nitrogen and oxygen atoms in total. The number of aliphatic hydroxyl groups excluding tert-OH is 1. The van der Waals surface area contributed by atoms with Crippen LogP contribution in [-0.2, 0) is 18.4 Å². The minimum absolute atomic E-state index is 0.00948. The number of carbonyl (C=O) groups is 1. The zero-order valence-corrected chi connectivity index (χ0v) is 50.0. The number of phosphoric acid groups is 1. The van der Waals surface area contributed by atoms with E-state index in [0.29, 0.717) is 23.9 Å². The smallest absolute Gasteiger partial charge is 0.268 e. The molecule has 2 N–H and O–H groups in total. The predicted octanol–water partition coefficient (Wildman–Crippen LogP) is 18.9. The largest absolute Gasteiger partial charge is 0.756 e. The van der Waals surface area contributed by atoms with Crippen LogP contribution >= 0.6 is 7.82 Å². The van der Waals surface area contributed by atoms with Crippen molar-refractivity contribution in [3.8, 4) is 0 Å². The van der Waals surface area contributed by atoms with Crippen molar-refractivity contribution in [2.45, 2.75) is 315 Å². The maximum atomic E-state index is 13.0. The Kier molecular flexibility index (Phi) is 54.1. The van der Waals surface area contributed by atoms with Crippen molar-refractivity contribution >= 4 is 13.7 Å². The lowest BCUT2D eigenvalue weighted by Gasteiger charge is -2.30. The lowest BCUT2D eigenvalue weighted by Crippen LogP contribution is -2.46. The monoisotopic (exact) mass is 1050 g/mol. The number of rotatable bonds is 58. The van der Waals surface area contributed by atoms with Gasteiger partial charge in [0.05, 0.1) is 39.9 Å². The summed E-state index contributed by atoms with van der Waals surface area (Å²) in [5, 5.41) is 14.1. The highest BCUT2D eigenvalue weighted by atomic mass is 31.2. The van der Waals surface area contributed by atoms with Gasteiger partial charge in [-0.1, -0.05) is 294 Å². The Hall–Kier alpha value is -1.54. The quantitative estimate of drug-likeness (QED) is 0.0272. The zero-order valence-electron chi connectivity index (χ0n) is 49.1. The van der Waals surface area contributed by atoms with Gasteiger partial charge in [0.15, 0.2) is 0 Å². The summed E-state index contributed by atoms with van der Waals surface area (Å²) in [4.78, 5) is 25.6. The summed E-state index contributed by atoms with van der Waals surface area (Å²) < 4.78 is 23.5. The summed E-state index contributed by atoms with van der Waals surface area (Å²) in [6.07, 6.45) is 73.1. The fourth-order valence-corrected chi connectivity index (χ4v) is 10.2. The van der Waals surface area contributed by atoms with Crippen molar-refractivity contribution in [3.05, 3.63) is 48.6 Å². The second kappa shape index (κ2) is 55.2. The van der Waals surface area contributed by atoms with Gasteiger partial charge < -0.3 is 28.8 Å². The summed E-state index contributed by atoms with van der Waals surface area (Å²) >= 11 is 0. The molecule has 3 unspecified atom stereocenters. The van der Waals surface area contributed by atoms with Gasteiger partial charge in [-0.25, -0.2) is 0 Å². The van der Waals surface area contributed by atoms with Gasteiger partial charge in [-0.15, -0.1) is 0 Å². The molecule has 0 aromatic heterocycles. The van der Waals surface area contributed by atoms with Gasteiger partial charge >= 0.3 is 0 Å². The van der Waals surface area contributed by atoms with Crippen molar-refractivity contribution in [1.29, 1.82) is 0 Å². The van der Waals surface area contributed by atoms with Gasteiger partial charge in [-0.3, -0.25) is 9.36 Å². The first-order chi connectivity index (χ1) is 35.5. The topological polar surface area (TPSA) is 108 Å². The first-order valence-electron chi connectivity index (χ1n) is 31.5. The minimum Gasteiger partial charge on any atom is -0.756 e. The SMILES string of the molecule is CC/C=C\C/C=C\C/C=C\C/C=C\CCCCCCCCCCC(=O)NC(COP(=O)([O-])OCC[N+](C)(C)C)C(O)CCCCCCCCCCCCCCCCCCCCCCCCCCCCCCCC. The molecule has 1 amide bonds. The summed E-state index contributed by atoms with van der Waals surface area (Å²) in [6, 6.07) is -0.808. The van der Waals surface area contributed by atoms with Gasteiger partial charge in [-0.05, 0) is 51.4 Å². The van der Waals surface area contributed by atoms with Crippen LogP contribution in [0.5, 0.6) is 0 Å². The minimum atomic E-state index is -4.58. The molecule has 3 atom stereocenters. The Bertz CT molecular complexity index is 1330. The average molecular weight is 1050 g/mol. The molecular formula is C64H123N2O6P. The van der Waals surface area contributed by atoms with Crippen LogP contribution in [0.4, 0.5) is 0 Å². The van der Waals surface area contributed by atoms with Gasteiger partial charge in [-0.2, -0.15) is 0 Å². The molecule has 0 saturated heterocycles. The number of hydrogen-bond acceptors (Lipinski definition) is 6. The highest BCUT2D eigenvalue weighted by Gasteiger charge is 2.24. The molecular weight excluding hydrogens is 924 g/mol. The fraction of sp³-hybridized carbons (Fsp3) is 0.859. The molecule has 430 valence electrons. The molecule has 0 fully saturated rings. The number of nitrogens with zero attached hydrogens (tertiary/aromatic N) is 1. The van der Waals surface area contributed by atoms with Crippen LogP contribution in [0.25, 0.3) is 0 Å². The van der Waals surface area contributed by atoms with Crippen LogP contribution in [0.1, 0.15) is 303 Å². The molecule has 0 spiro atoms. The third kappa shape index (κ3) is 58.0. The van der Waals surface area contributed by atoms with E-state index >= 15 is 0 Å². The van der Waals surface area contributed by atoms with Crippen LogP contribution < -0.4 is 10.2 Å². The van der Waals surface area contributed by atoms with Gasteiger partial charge in [0.2, 0.25) is 5.91 Å². The molecule has 0 radical (unpaired) electrons. The normalized spacial score (nSPS) is 14.1. The van der Waals surface area contributed by atoms with E-state index in [-0.39, 0.29) is 19.1 Å². The Labute approximate surface area is 454 Å². The molecule has 0 bridgehead atoms. The van der Waals surface area contributed by atoms with Crippen LogP contribution in [0.15, 0.2) is 48.6 Å². The number of hydrogen-bond donors (Lipinski definition) is 2. The zero-order chi connectivity index (χ0) is 53.5. The Balaban J connectivity index is 4.08. The number of allylic oxidation sites excluding steroid dienone is 8. The lowest BCUT2D eigenvalue weighted by atomic mass is 10.0. The number of likely N-dealkylation sites (N-methyl/N-ethyl adjacent to an activating group) is 1. The number of phosphoric ester groups is 1. The molecule has 0 aliphatic heterocycles. The first-order valence-corrected chi connectivity index (χ1v) is 32.9. The van der Waals surface area contributed by atoms with E-state index in [1.165, 1.54) is 205 Å². The Morgan fingerprint density at radius 1 is 0.493 bits per heavy atom. The van der Waals surface area contributed by atoms with Gasteiger partial charge in [0, 0.05) is 6.42 Å². The van der Waals surface area contributed by atoms with Crippen LogP contribution in [0, 0.1) is 0 Å². The van der Waals surface area contributed by atoms with E-state index < -0.39 is 20.0 Å². The van der Waals surface area contributed by atoms with E-state index in [2.05, 4.69) is 67.8 Å². The third-order valence-corrected chi connectivity index (χ3v) is 15.3. The van der Waals surface area contributed by atoms with E-state index in [0.717, 1.165) is 70.6 Å². The molecule has 9 heteroatoms. The lowest BCUT2D eigenvalue weighted by molar-refractivity contribution is -0.870. The van der Waals surface area contributed by atoms with Crippen LogP contribution in [0.2, 0.25) is 0 Å². The predicted molar refractivity (Wildman–Crippen MR) is 316 cm³/mol. The highest BCUT2D eigenvalue weighted by Crippen LogP contribution is 2.38. The number of nitrogens with one attached hydrogen (secondary N) is 1. The van der Waals surface area contributed by atoms with Gasteiger partial charge in [0.1, 0.15) is 13.2 Å². The van der Waals surface area contributed by atoms with Crippen LogP contribution in [0.3, 0.4) is 0 Å². The standard InChI is InChI=1S/C64H123N2O6P/c1-6-8-10-12-14-16-18-20-22-24-26-28-29-30-31-32-33-34-35-36-38-39-41-43-45-47-49-51-53-55-57-63(67)62(61-72-73(69,70)71-60-59-66(3,4)5)65-64(68)58-56-54-52-50-48-46-44-42-40-37-27-25-23-21-19-17-15-13-11-9-7-2/h9,11,15,17,21,23,27,37,62-63,67H,6-8,10,12-14,16,18-20,22,24-26,28-36,38-61H2,1-5H3,(H-,65,68,69,70)/b11-9-,17-15-,23-21-,37-27-. The molecule has 0 aliphatic carbocycles. The average Bonchev–Trinajstić information content (AvgIpc) is 3.35. The second-order valence-corrected chi connectivity index (χ2v) is 24.2. The molecule has 0 heterocycles. The number of aliphatic hydroxyl groups is 1. The summed E-state index contributed by atoms with van der Waals surface area (Å²) in [7, 11) is 1.30. The van der Waals surface area contributed by atoms with E-state index in [9.17, 15) is 19.4 Å². The van der Waals surface area contributed by atoms with Crippen molar-refractivity contribution in [1.82, 2.24) is 5.32 Å². The Morgan fingerprint density at radius 3 is 1.22 bits per heavy atom. The highest BCUT2D eigenvalue weighted by molar-refractivity contribution is 7.45. The first kappa shape index (κ1) is 71.5. The maximum absolute atomic E-state index is 13.0. The molecule has 0 rings (SSSR count). The maximum Gasteiger partial charge on any atom is 0.268 e. The summed E-state index contributed by atoms with van der Waals surface area (Å²) in [5.41, 5.74) is 0. The van der Waals surface area contributed by atoms with E-state index in [1.54, 1.807) is 0 Å². The van der Waals surface area contributed by atoms with Crippen molar-refractivity contribution < 1.29 is 32.9 Å². The van der Waals surface area contributed by atoms with Crippen molar-refractivity contribution in [2.24, 2.45) is 0 Å². The molecule has 73 heavy (non-hydrogen) atoms. The molecule has 0 saturated carbocycles. The van der Waals surface area contributed by atoms with E-state index in [4.69, 9.17) is 9.05 Å². The fourth-order valence-electron chi connectivity index (χ4n) is 9.45. The van der Waals surface area contributed by atoms with Gasteiger partial charge in [0.25, 0.3) is 7.82 Å². The van der Waals surface area contributed by atoms with Crippen molar-refractivity contribution in [3.63, 3.8) is 0 Å². The Morgan fingerprint density at radius 2 is 0.836 bits per heavy atom. The number of amides is 1. The molecule has 0 aliphatic rings. The number of unbranched alkanes of at least 4 members (excludes halogenated alkanes) is 37. The number of quaternary nitrogens is 1. The van der Waals surface area contributed by atoms with Crippen LogP contribution in [-0.4, -0.2) is 68.5 Å². The molecule has 0 aromatic rings. The summed E-state index contributed by atoms with van der Waals surface area (Å²) in [6.45, 7) is 4.64. The number of carbonyl (C=O) groups excluding carboxylic acids is 1. The molecule has 0 aromatic carbocycles. The van der Waals surface area contributed by atoms with E-state index in [1.807, 2.05) is 21.1 Å². The third-order valence-electron chi connectivity index (χ3n) is 14.3. The summed E-state index contributed by atoms with van der Waals surface area (Å²) in [5.74, 6) is -0.170. The second-order valence-electron chi connectivity index (χ2n) is 22.7.